The predicted octanol–water partition coefficient (Wildman–Crippen LogP) is 2.45. The van der Waals surface area contributed by atoms with E-state index in [-0.39, 0.29) is 17.3 Å². The summed E-state index contributed by atoms with van der Waals surface area (Å²) >= 11 is 0. The Labute approximate surface area is 94.8 Å². The van der Waals surface area contributed by atoms with Crippen LogP contribution < -0.4 is 0 Å². The van der Waals surface area contributed by atoms with Crippen LogP contribution in [0, 0.1) is 17.3 Å². The number of Topliss-reactive ketones (excluding diaryl/α,β-unsaturated/α-hetero) is 2. The summed E-state index contributed by atoms with van der Waals surface area (Å²) in [4.78, 5) is 22.5. The summed E-state index contributed by atoms with van der Waals surface area (Å²) < 4.78 is 4.98. The van der Waals surface area contributed by atoms with Gasteiger partial charge in [0.2, 0.25) is 5.78 Å². The van der Waals surface area contributed by atoms with Crippen molar-refractivity contribution in [3.05, 3.63) is 23.7 Å². The first-order chi connectivity index (χ1) is 7.30. The molecule has 0 N–H and O–H groups in total. The third-order valence-corrected chi connectivity index (χ3v) is 1.95. The highest BCUT2D eigenvalue weighted by atomic mass is 16.3. The molecule has 0 atom stereocenters. The smallest absolute Gasteiger partial charge is 0.211 e. The van der Waals surface area contributed by atoms with E-state index >= 15 is 0 Å². The van der Waals surface area contributed by atoms with Crippen molar-refractivity contribution in [2.45, 2.75) is 27.7 Å². The lowest BCUT2D eigenvalue weighted by atomic mass is 9.91. The van der Waals surface area contributed by atoms with E-state index < -0.39 is 5.41 Å². The Balaban J connectivity index is 2.85. The minimum atomic E-state index is -0.472. The average Bonchev–Trinajstić information content (AvgIpc) is 2.60. The van der Waals surface area contributed by atoms with Crippen LogP contribution in [0.4, 0.5) is 0 Å². The normalized spacial score (nSPS) is 10.5. The van der Waals surface area contributed by atoms with Crippen molar-refractivity contribution in [1.82, 2.24) is 0 Å². The molecule has 0 radical (unpaired) electrons. The van der Waals surface area contributed by atoms with Gasteiger partial charge in [0.25, 0.3) is 0 Å². The molecule has 0 amide bonds. The number of ketones is 2. The van der Waals surface area contributed by atoms with Crippen molar-refractivity contribution in [1.29, 1.82) is 0 Å². The summed E-state index contributed by atoms with van der Waals surface area (Å²) in [6.07, 6.45) is 1.37. The quantitative estimate of drug-likeness (QED) is 0.537. The zero-order valence-electron chi connectivity index (χ0n) is 9.88. The Morgan fingerprint density at radius 1 is 1.31 bits per heavy atom. The first kappa shape index (κ1) is 12.3. The van der Waals surface area contributed by atoms with Gasteiger partial charge in [0, 0.05) is 18.4 Å². The molecular formula is C13H14O3. The third-order valence-electron chi connectivity index (χ3n) is 1.95. The monoisotopic (exact) mass is 218 g/mol. The summed E-state index contributed by atoms with van der Waals surface area (Å²) in [5.74, 6) is 5.17. The summed E-state index contributed by atoms with van der Waals surface area (Å²) in [5, 5.41) is 0. The number of furan rings is 1. The fraction of sp³-hybridized carbons (Fsp3) is 0.385. The second kappa shape index (κ2) is 4.36. The Kier molecular flexibility index (Phi) is 3.34. The van der Waals surface area contributed by atoms with Crippen LogP contribution in [0.2, 0.25) is 0 Å². The van der Waals surface area contributed by atoms with Crippen LogP contribution in [0.25, 0.3) is 0 Å². The summed E-state index contributed by atoms with van der Waals surface area (Å²) in [6, 6.07) is 1.53. The van der Waals surface area contributed by atoms with Gasteiger partial charge in [0.05, 0.1) is 5.56 Å². The molecule has 0 aromatic carbocycles. The second-order valence-corrected chi connectivity index (χ2v) is 4.58. The topological polar surface area (TPSA) is 47.3 Å². The molecule has 3 nitrogen and oxygen atoms in total. The molecule has 0 aliphatic heterocycles. The highest BCUT2D eigenvalue weighted by molar-refractivity contribution is 5.99. The number of hydrogen-bond acceptors (Lipinski definition) is 3. The van der Waals surface area contributed by atoms with E-state index in [0.717, 1.165) is 0 Å². The van der Waals surface area contributed by atoms with Crippen LogP contribution in [-0.4, -0.2) is 11.6 Å². The van der Waals surface area contributed by atoms with Crippen LogP contribution in [-0.2, 0) is 4.79 Å². The van der Waals surface area contributed by atoms with E-state index in [0.29, 0.717) is 5.56 Å². The molecule has 84 valence electrons. The van der Waals surface area contributed by atoms with E-state index in [9.17, 15) is 9.59 Å². The molecule has 3 heteroatoms. The van der Waals surface area contributed by atoms with Gasteiger partial charge in [-0.15, -0.1) is 0 Å². The van der Waals surface area contributed by atoms with Crippen LogP contribution in [0.5, 0.6) is 0 Å². The second-order valence-electron chi connectivity index (χ2n) is 4.58. The van der Waals surface area contributed by atoms with E-state index in [1.807, 2.05) is 0 Å². The summed E-state index contributed by atoms with van der Waals surface area (Å²) in [6.45, 7) is 6.83. The van der Waals surface area contributed by atoms with Gasteiger partial charge >= 0.3 is 0 Å². The minimum absolute atomic E-state index is 0.141. The fourth-order valence-electron chi connectivity index (χ4n) is 0.903. The van der Waals surface area contributed by atoms with Gasteiger partial charge in [0.15, 0.2) is 11.5 Å². The zero-order chi connectivity index (χ0) is 12.3. The molecule has 0 bridgehead atoms. The average molecular weight is 218 g/mol. The first-order valence-corrected chi connectivity index (χ1v) is 4.96. The molecular weight excluding hydrogens is 204 g/mol. The zero-order valence-corrected chi connectivity index (χ0v) is 9.88. The Morgan fingerprint density at radius 2 is 1.94 bits per heavy atom. The Bertz CT molecular complexity index is 475. The van der Waals surface area contributed by atoms with Crippen molar-refractivity contribution < 1.29 is 14.0 Å². The number of carbonyl (C=O) groups is 2. The maximum Gasteiger partial charge on any atom is 0.211 e. The molecule has 1 rings (SSSR count). The SMILES string of the molecule is CC(=O)c1cc(C#CC(=O)C(C)(C)C)co1. The first-order valence-electron chi connectivity index (χ1n) is 4.96. The van der Waals surface area contributed by atoms with Gasteiger partial charge in [-0.25, -0.2) is 0 Å². The molecule has 0 aliphatic rings. The predicted molar refractivity (Wildman–Crippen MR) is 60.1 cm³/mol. The van der Waals surface area contributed by atoms with Gasteiger partial charge in [0.1, 0.15) is 6.26 Å². The minimum Gasteiger partial charge on any atom is -0.460 e. The lowest BCUT2D eigenvalue weighted by molar-refractivity contribution is -0.120. The van der Waals surface area contributed by atoms with Crippen LogP contribution in [0.1, 0.15) is 43.8 Å². The van der Waals surface area contributed by atoms with Gasteiger partial charge in [-0.2, -0.15) is 0 Å². The molecule has 0 unspecified atom stereocenters. The van der Waals surface area contributed by atoms with Crippen molar-refractivity contribution in [2.75, 3.05) is 0 Å². The van der Waals surface area contributed by atoms with Crippen molar-refractivity contribution in [2.24, 2.45) is 5.41 Å². The van der Waals surface area contributed by atoms with E-state index in [4.69, 9.17) is 4.42 Å². The van der Waals surface area contributed by atoms with Crippen LogP contribution in [0.3, 0.4) is 0 Å². The lowest BCUT2D eigenvalue weighted by Gasteiger charge is -2.10. The maximum atomic E-state index is 11.5. The highest BCUT2D eigenvalue weighted by Crippen LogP contribution is 2.14. The highest BCUT2D eigenvalue weighted by Gasteiger charge is 2.18. The molecule has 0 aliphatic carbocycles. The van der Waals surface area contributed by atoms with Crippen molar-refractivity contribution in [3.8, 4) is 11.8 Å². The van der Waals surface area contributed by atoms with Gasteiger partial charge < -0.3 is 4.42 Å². The summed E-state index contributed by atoms with van der Waals surface area (Å²) in [5.41, 5.74) is 0.0722. The largest absolute Gasteiger partial charge is 0.460 e. The Morgan fingerprint density at radius 3 is 2.38 bits per heavy atom. The standard InChI is InChI=1S/C13H14O3/c1-9(14)11-7-10(8-16-11)5-6-12(15)13(2,3)4/h7-8H,1-4H3. The molecule has 1 aromatic rings. The Hall–Kier alpha value is -1.82. The molecule has 1 aromatic heterocycles. The molecule has 0 saturated carbocycles. The van der Waals surface area contributed by atoms with Gasteiger partial charge in [-0.3, -0.25) is 9.59 Å². The van der Waals surface area contributed by atoms with Gasteiger partial charge in [-0.1, -0.05) is 26.7 Å². The fourth-order valence-corrected chi connectivity index (χ4v) is 0.903. The lowest BCUT2D eigenvalue weighted by Crippen LogP contribution is -2.17. The van der Waals surface area contributed by atoms with Crippen molar-refractivity contribution in [3.63, 3.8) is 0 Å². The summed E-state index contributed by atoms with van der Waals surface area (Å²) in [7, 11) is 0. The molecule has 0 saturated heterocycles. The number of rotatable bonds is 1. The van der Waals surface area contributed by atoms with Gasteiger partial charge in [-0.05, 0) is 5.92 Å². The molecule has 0 spiro atoms. The van der Waals surface area contributed by atoms with Crippen LogP contribution in [0.15, 0.2) is 16.7 Å². The van der Waals surface area contributed by atoms with E-state index in [2.05, 4.69) is 11.8 Å². The molecule has 16 heavy (non-hydrogen) atoms. The molecule has 1 heterocycles. The van der Waals surface area contributed by atoms with Crippen molar-refractivity contribution >= 4 is 11.6 Å². The third kappa shape index (κ3) is 3.09. The number of carbonyl (C=O) groups excluding carboxylic acids is 2. The van der Waals surface area contributed by atoms with Crippen LogP contribution >= 0.6 is 0 Å². The van der Waals surface area contributed by atoms with E-state index in [1.54, 1.807) is 20.8 Å². The maximum absolute atomic E-state index is 11.5. The number of hydrogen-bond donors (Lipinski definition) is 0. The van der Waals surface area contributed by atoms with E-state index in [1.165, 1.54) is 19.3 Å². The molecule has 0 fully saturated rings.